The second kappa shape index (κ2) is 8.17. The van der Waals surface area contributed by atoms with Gasteiger partial charge in [-0.2, -0.15) is 5.26 Å². The summed E-state index contributed by atoms with van der Waals surface area (Å²) >= 11 is 3.20. The van der Waals surface area contributed by atoms with E-state index in [1.807, 2.05) is 47.4 Å². The van der Waals surface area contributed by atoms with Crippen LogP contribution in [0.25, 0.3) is 0 Å². The Hall–Kier alpha value is -2.75. The summed E-state index contributed by atoms with van der Waals surface area (Å²) in [4.78, 5) is 22.0. The molecule has 0 spiro atoms. The second-order valence-electron chi connectivity index (χ2n) is 7.28. The molecule has 0 N–H and O–H groups in total. The highest BCUT2D eigenvalue weighted by atomic mass is 32.2. The normalized spacial score (nSPS) is 13.9. The Morgan fingerprint density at radius 3 is 2.50 bits per heavy atom. The van der Waals surface area contributed by atoms with Gasteiger partial charge in [-0.25, -0.2) is 4.98 Å². The number of anilines is 2. The number of amides is 1. The predicted molar refractivity (Wildman–Crippen MR) is 120 cm³/mol. The fourth-order valence-corrected chi connectivity index (χ4v) is 5.93. The minimum absolute atomic E-state index is 0.0577. The lowest BCUT2D eigenvalue weighted by atomic mass is 10.2. The predicted octanol–water partition coefficient (Wildman–Crippen LogP) is 5.75. The molecule has 1 aromatic heterocycles. The number of benzene rings is 2. The molecule has 148 valence electrons. The molecule has 30 heavy (non-hydrogen) atoms. The van der Waals surface area contributed by atoms with Crippen LogP contribution in [-0.4, -0.2) is 16.6 Å². The molecule has 1 amide bonds. The minimum Gasteiger partial charge on any atom is -0.279 e. The summed E-state index contributed by atoms with van der Waals surface area (Å²) < 4.78 is 0. The summed E-state index contributed by atoms with van der Waals surface area (Å²) in [6.45, 7) is 0. The topological polar surface area (TPSA) is 57.0 Å². The van der Waals surface area contributed by atoms with Crippen LogP contribution in [0.3, 0.4) is 0 Å². The first kappa shape index (κ1) is 19.2. The summed E-state index contributed by atoms with van der Waals surface area (Å²) in [5, 5.41) is 10.3. The highest BCUT2D eigenvalue weighted by Crippen LogP contribution is 2.48. The molecular weight excluding hydrogens is 410 g/mol. The third-order valence-electron chi connectivity index (χ3n) is 5.37. The Bertz CT molecular complexity index is 1140. The molecule has 5 rings (SSSR count). The van der Waals surface area contributed by atoms with Gasteiger partial charge < -0.3 is 0 Å². The van der Waals surface area contributed by atoms with E-state index >= 15 is 0 Å². The van der Waals surface area contributed by atoms with Crippen molar-refractivity contribution in [2.75, 3.05) is 10.7 Å². The van der Waals surface area contributed by atoms with E-state index in [1.165, 1.54) is 17.3 Å². The van der Waals surface area contributed by atoms with Crippen molar-refractivity contribution in [3.63, 3.8) is 0 Å². The molecule has 2 heterocycles. The molecule has 0 bridgehead atoms. The molecule has 0 saturated carbocycles. The standard InChI is InChI=1S/C24H19N3OS2/c25-15-17-14-16-6-5-7-18(16)26-24(17)29-13-12-23(28)27-19-8-1-3-10-21(19)30-22-11-4-2-9-20(22)27/h1-4,8-11,14H,5-7,12-13H2. The molecule has 1 aliphatic carbocycles. The third-order valence-corrected chi connectivity index (χ3v) is 7.50. The molecule has 1 aliphatic heterocycles. The van der Waals surface area contributed by atoms with E-state index < -0.39 is 0 Å². The van der Waals surface area contributed by atoms with Crippen LogP contribution in [0, 0.1) is 11.3 Å². The number of rotatable bonds is 4. The van der Waals surface area contributed by atoms with Gasteiger partial charge in [0.05, 0.1) is 16.9 Å². The van der Waals surface area contributed by atoms with Crippen LogP contribution in [0.2, 0.25) is 0 Å². The number of hydrogen-bond donors (Lipinski definition) is 0. The first-order valence-electron chi connectivity index (χ1n) is 9.99. The van der Waals surface area contributed by atoms with Gasteiger partial charge >= 0.3 is 0 Å². The third kappa shape index (κ3) is 3.49. The lowest BCUT2D eigenvalue weighted by Gasteiger charge is -2.31. The lowest BCUT2D eigenvalue weighted by molar-refractivity contribution is -0.117. The molecule has 3 aromatic rings. The summed E-state index contributed by atoms with van der Waals surface area (Å²) in [5.74, 6) is 0.648. The number of aromatic nitrogens is 1. The van der Waals surface area contributed by atoms with Gasteiger partial charge in [-0.05, 0) is 55.2 Å². The Morgan fingerprint density at radius 2 is 1.80 bits per heavy atom. The number of fused-ring (bicyclic) bond motifs is 3. The van der Waals surface area contributed by atoms with Crippen LogP contribution in [0.4, 0.5) is 11.4 Å². The number of para-hydroxylation sites is 2. The van der Waals surface area contributed by atoms with E-state index in [-0.39, 0.29) is 5.91 Å². The maximum absolute atomic E-state index is 13.3. The molecule has 0 radical (unpaired) electrons. The fourth-order valence-electron chi connectivity index (χ4n) is 3.96. The SMILES string of the molecule is N#Cc1cc2c(nc1SCCC(=O)N1c3ccccc3Sc3ccccc31)CCC2. The van der Waals surface area contributed by atoms with Crippen molar-refractivity contribution >= 4 is 40.8 Å². The number of aryl methyl sites for hydroxylation is 2. The molecule has 6 heteroatoms. The summed E-state index contributed by atoms with van der Waals surface area (Å²) in [6, 6.07) is 20.3. The lowest BCUT2D eigenvalue weighted by Crippen LogP contribution is -2.28. The summed E-state index contributed by atoms with van der Waals surface area (Å²) in [5.41, 5.74) is 4.80. The van der Waals surface area contributed by atoms with Crippen molar-refractivity contribution < 1.29 is 4.79 Å². The maximum atomic E-state index is 13.3. The van der Waals surface area contributed by atoms with Gasteiger partial charge in [0.15, 0.2) is 0 Å². The largest absolute Gasteiger partial charge is 0.279 e. The van der Waals surface area contributed by atoms with E-state index in [4.69, 9.17) is 4.98 Å². The Kier molecular flexibility index (Phi) is 5.24. The summed E-state index contributed by atoms with van der Waals surface area (Å²) in [6.07, 6.45) is 3.46. The minimum atomic E-state index is 0.0577. The van der Waals surface area contributed by atoms with Crippen molar-refractivity contribution in [1.29, 1.82) is 5.26 Å². The fraction of sp³-hybridized carbons (Fsp3) is 0.208. The van der Waals surface area contributed by atoms with Gasteiger partial charge in [-0.1, -0.05) is 36.0 Å². The van der Waals surface area contributed by atoms with Crippen molar-refractivity contribution in [3.05, 3.63) is 71.4 Å². The molecule has 4 nitrogen and oxygen atoms in total. The molecule has 0 unspecified atom stereocenters. The number of carbonyl (C=O) groups is 1. The number of thioether (sulfide) groups is 1. The van der Waals surface area contributed by atoms with Crippen molar-refractivity contribution in [1.82, 2.24) is 4.98 Å². The molecule has 0 saturated heterocycles. The van der Waals surface area contributed by atoms with Crippen LogP contribution < -0.4 is 4.90 Å². The van der Waals surface area contributed by atoms with E-state index in [1.54, 1.807) is 11.8 Å². The van der Waals surface area contributed by atoms with E-state index in [0.29, 0.717) is 17.7 Å². The average molecular weight is 430 g/mol. The smallest absolute Gasteiger partial charge is 0.232 e. The average Bonchev–Trinajstić information content (AvgIpc) is 3.24. The zero-order valence-corrected chi connectivity index (χ0v) is 17.9. The number of pyridine rings is 1. The van der Waals surface area contributed by atoms with Gasteiger partial charge in [-0.15, -0.1) is 11.8 Å². The molecular formula is C24H19N3OS2. The molecule has 0 atom stereocenters. The number of nitrogens with zero attached hydrogens (tertiary/aromatic N) is 3. The van der Waals surface area contributed by atoms with Gasteiger partial charge in [-0.3, -0.25) is 9.69 Å². The van der Waals surface area contributed by atoms with E-state index in [9.17, 15) is 10.1 Å². The summed E-state index contributed by atoms with van der Waals surface area (Å²) in [7, 11) is 0. The highest BCUT2D eigenvalue weighted by molar-refractivity contribution is 7.99. The highest BCUT2D eigenvalue weighted by Gasteiger charge is 2.27. The zero-order chi connectivity index (χ0) is 20.5. The molecule has 0 fully saturated rings. The van der Waals surface area contributed by atoms with Crippen molar-refractivity contribution in [3.8, 4) is 6.07 Å². The second-order valence-corrected chi connectivity index (χ2v) is 9.44. The van der Waals surface area contributed by atoms with E-state index in [0.717, 1.165) is 51.1 Å². The van der Waals surface area contributed by atoms with Crippen LogP contribution in [-0.2, 0) is 17.6 Å². The van der Waals surface area contributed by atoms with Gasteiger partial charge in [0.25, 0.3) is 0 Å². The van der Waals surface area contributed by atoms with Gasteiger partial charge in [0.1, 0.15) is 11.1 Å². The molecule has 2 aromatic carbocycles. The monoisotopic (exact) mass is 429 g/mol. The van der Waals surface area contributed by atoms with E-state index in [2.05, 4.69) is 18.2 Å². The van der Waals surface area contributed by atoms with Gasteiger partial charge in [0.2, 0.25) is 5.91 Å². The van der Waals surface area contributed by atoms with Crippen LogP contribution >= 0.6 is 23.5 Å². The number of nitriles is 1. The maximum Gasteiger partial charge on any atom is 0.232 e. The van der Waals surface area contributed by atoms with Gasteiger partial charge in [0, 0.05) is 27.7 Å². The Labute approximate surface area is 184 Å². The number of hydrogen-bond acceptors (Lipinski definition) is 5. The van der Waals surface area contributed by atoms with Crippen LogP contribution in [0.15, 0.2) is 69.4 Å². The first-order valence-corrected chi connectivity index (χ1v) is 11.8. The van der Waals surface area contributed by atoms with Crippen LogP contribution in [0.5, 0.6) is 0 Å². The Balaban J connectivity index is 1.35. The Morgan fingerprint density at radius 1 is 1.10 bits per heavy atom. The van der Waals surface area contributed by atoms with Crippen LogP contribution in [0.1, 0.15) is 29.7 Å². The van der Waals surface area contributed by atoms with Crippen molar-refractivity contribution in [2.24, 2.45) is 0 Å². The zero-order valence-electron chi connectivity index (χ0n) is 16.3. The molecule has 2 aliphatic rings. The van der Waals surface area contributed by atoms with Crippen molar-refractivity contribution in [2.45, 2.75) is 40.5 Å². The number of carbonyl (C=O) groups excluding carboxylic acids is 1. The first-order chi connectivity index (χ1) is 14.7. The quantitative estimate of drug-likeness (QED) is 0.494.